The molecule has 0 spiro atoms. The van der Waals surface area contributed by atoms with Crippen LogP contribution in [0.15, 0.2) is 76.8 Å². The molecule has 0 radical (unpaired) electrons. The summed E-state index contributed by atoms with van der Waals surface area (Å²) in [5.74, 6) is 0.439. The third kappa shape index (κ3) is 3.79. The van der Waals surface area contributed by atoms with Crippen molar-refractivity contribution >= 4 is 6.08 Å². The Hall–Kier alpha value is -3.23. The van der Waals surface area contributed by atoms with Crippen LogP contribution in [0.3, 0.4) is 0 Å². The first kappa shape index (κ1) is 20.1. The molecule has 2 aliphatic rings. The summed E-state index contributed by atoms with van der Waals surface area (Å²) in [4.78, 5) is 2.27. The molecule has 0 saturated carbocycles. The lowest BCUT2D eigenvalue weighted by Gasteiger charge is -2.38. The molecule has 0 aliphatic carbocycles. The van der Waals surface area contributed by atoms with Gasteiger partial charge in [-0.1, -0.05) is 31.2 Å². The van der Waals surface area contributed by atoms with Crippen molar-refractivity contribution in [3.8, 4) is 6.07 Å². The molecule has 0 saturated heterocycles. The molecule has 2 aromatic rings. The van der Waals surface area contributed by atoms with Gasteiger partial charge in [0.15, 0.2) is 0 Å². The van der Waals surface area contributed by atoms with Gasteiger partial charge in [0.1, 0.15) is 23.2 Å². The second-order valence-corrected chi connectivity index (χ2v) is 7.55. The average molecular weight is 404 g/mol. The molecule has 0 bridgehead atoms. The van der Waals surface area contributed by atoms with E-state index in [0.29, 0.717) is 24.4 Å². The van der Waals surface area contributed by atoms with E-state index in [1.807, 2.05) is 6.08 Å². The summed E-state index contributed by atoms with van der Waals surface area (Å²) in [7, 11) is 0. The first-order valence-corrected chi connectivity index (χ1v) is 9.96. The van der Waals surface area contributed by atoms with Gasteiger partial charge in [-0.2, -0.15) is 5.26 Å². The van der Waals surface area contributed by atoms with Gasteiger partial charge in [0, 0.05) is 24.6 Å². The molecule has 0 N–H and O–H groups in total. The van der Waals surface area contributed by atoms with Crippen molar-refractivity contribution in [3.63, 3.8) is 0 Å². The molecule has 5 heteroatoms. The minimum atomic E-state index is -0.310. The van der Waals surface area contributed by atoms with E-state index in [1.54, 1.807) is 31.2 Å². The highest BCUT2D eigenvalue weighted by Gasteiger charge is 2.36. The number of benzene rings is 2. The fraction of sp³-hybridized carbons (Fsp3) is 0.240. The molecule has 1 atom stereocenters. The van der Waals surface area contributed by atoms with Crippen molar-refractivity contribution in [2.75, 3.05) is 19.6 Å². The second-order valence-electron chi connectivity index (χ2n) is 7.55. The number of halogens is 2. The van der Waals surface area contributed by atoms with Crippen LogP contribution in [0.2, 0.25) is 0 Å². The molecular formula is C25H22F2N2O. The highest BCUT2D eigenvalue weighted by Crippen LogP contribution is 2.44. The smallest absolute Gasteiger partial charge is 0.132 e. The van der Waals surface area contributed by atoms with E-state index in [0.717, 1.165) is 34.6 Å². The Morgan fingerprint density at radius 1 is 1.07 bits per heavy atom. The van der Waals surface area contributed by atoms with Crippen LogP contribution in [0.5, 0.6) is 0 Å². The van der Waals surface area contributed by atoms with E-state index >= 15 is 0 Å². The van der Waals surface area contributed by atoms with E-state index in [9.17, 15) is 14.0 Å². The Morgan fingerprint density at radius 2 is 1.70 bits per heavy atom. The van der Waals surface area contributed by atoms with E-state index in [2.05, 4.69) is 17.9 Å². The molecule has 2 heterocycles. The number of likely N-dealkylation sites (N-methyl/N-ethyl adjacent to an activating group) is 1. The van der Waals surface area contributed by atoms with Crippen LogP contribution in [0, 0.1) is 23.0 Å². The van der Waals surface area contributed by atoms with E-state index in [1.165, 1.54) is 24.3 Å². The molecule has 30 heavy (non-hydrogen) atoms. The maximum absolute atomic E-state index is 13.5. The molecule has 2 aromatic carbocycles. The molecule has 1 unspecified atom stereocenters. The van der Waals surface area contributed by atoms with E-state index < -0.39 is 0 Å². The lowest BCUT2D eigenvalue weighted by atomic mass is 9.79. The third-order valence-electron chi connectivity index (χ3n) is 5.62. The average Bonchev–Trinajstić information content (AvgIpc) is 2.75. The largest absolute Gasteiger partial charge is 0.461 e. The van der Waals surface area contributed by atoms with Gasteiger partial charge in [-0.3, -0.25) is 4.90 Å². The molecule has 0 amide bonds. The normalized spacial score (nSPS) is 20.8. The lowest BCUT2D eigenvalue weighted by molar-refractivity contribution is 0.242. The molecule has 3 nitrogen and oxygen atoms in total. The summed E-state index contributed by atoms with van der Waals surface area (Å²) in [6.07, 6.45) is 2.00. The maximum atomic E-state index is 13.5. The molecule has 2 aliphatic heterocycles. The SMILES string of the molecule is CCN1CC(=Cc2ccc(F)cc2)C2=C(C1)C(c1ccc(F)cc1)C(C#N)=C(C)O2. The lowest BCUT2D eigenvalue weighted by Crippen LogP contribution is -2.37. The van der Waals surface area contributed by atoms with Gasteiger partial charge in [0.25, 0.3) is 0 Å². The highest BCUT2D eigenvalue weighted by atomic mass is 19.1. The van der Waals surface area contributed by atoms with Crippen molar-refractivity contribution in [3.05, 3.63) is 99.5 Å². The quantitative estimate of drug-likeness (QED) is 0.673. The van der Waals surface area contributed by atoms with Gasteiger partial charge in [-0.05, 0) is 60.5 Å². The molecule has 0 fully saturated rings. The summed E-state index contributed by atoms with van der Waals surface area (Å²) in [6.45, 7) is 6.06. The Morgan fingerprint density at radius 3 is 2.30 bits per heavy atom. The van der Waals surface area contributed by atoms with E-state index in [-0.39, 0.29) is 17.6 Å². The van der Waals surface area contributed by atoms with Gasteiger partial charge in [0.05, 0.1) is 11.6 Å². The molecule has 0 aromatic heterocycles. The first-order chi connectivity index (χ1) is 14.5. The summed E-state index contributed by atoms with van der Waals surface area (Å²) < 4.78 is 33.0. The van der Waals surface area contributed by atoms with Crippen molar-refractivity contribution in [2.24, 2.45) is 0 Å². The minimum absolute atomic E-state index is 0.279. The zero-order chi connectivity index (χ0) is 21.3. The van der Waals surface area contributed by atoms with Crippen molar-refractivity contribution in [1.82, 2.24) is 4.90 Å². The van der Waals surface area contributed by atoms with Gasteiger partial charge in [-0.25, -0.2) is 8.78 Å². The predicted octanol–water partition coefficient (Wildman–Crippen LogP) is 5.55. The summed E-state index contributed by atoms with van der Waals surface area (Å²) in [5, 5.41) is 9.84. The van der Waals surface area contributed by atoms with Crippen molar-refractivity contribution < 1.29 is 13.5 Å². The van der Waals surface area contributed by atoms with Crippen LogP contribution in [-0.2, 0) is 4.74 Å². The topological polar surface area (TPSA) is 36.3 Å². The van der Waals surface area contributed by atoms with Crippen LogP contribution < -0.4 is 0 Å². The van der Waals surface area contributed by atoms with Crippen LogP contribution in [0.1, 0.15) is 30.9 Å². The summed E-state index contributed by atoms with van der Waals surface area (Å²) in [6, 6.07) is 14.9. The Balaban J connectivity index is 1.86. The number of nitriles is 1. The molecular weight excluding hydrogens is 382 g/mol. The van der Waals surface area contributed by atoms with Crippen LogP contribution in [0.25, 0.3) is 6.08 Å². The molecule has 152 valence electrons. The Labute approximate surface area is 175 Å². The maximum Gasteiger partial charge on any atom is 0.132 e. The van der Waals surface area contributed by atoms with Gasteiger partial charge < -0.3 is 4.74 Å². The standard InChI is InChI=1S/C25H22F2N2O/c1-3-29-14-19(12-17-4-8-20(26)9-5-17)25-23(15-29)24(22(13-28)16(2)30-25)18-6-10-21(27)11-7-18/h4-12,24H,3,14-15H2,1-2H3. The van der Waals surface area contributed by atoms with Gasteiger partial charge >= 0.3 is 0 Å². The van der Waals surface area contributed by atoms with Crippen LogP contribution >= 0.6 is 0 Å². The first-order valence-electron chi connectivity index (χ1n) is 9.96. The second kappa shape index (κ2) is 8.25. The van der Waals surface area contributed by atoms with E-state index in [4.69, 9.17) is 4.74 Å². The van der Waals surface area contributed by atoms with Gasteiger partial charge in [0.2, 0.25) is 0 Å². The zero-order valence-electron chi connectivity index (χ0n) is 17.0. The fourth-order valence-corrected chi connectivity index (χ4v) is 4.09. The minimum Gasteiger partial charge on any atom is -0.461 e. The summed E-state index contributed by atoms with van der Waals surface area (Å²) in [5.41, 5.74) is 4.26. The number of hydrogen-bond donors (Lipinski definition) is 0. The Kier molecular flexibility index (Phi) is 5.52. The Bertz CT molecular complexity index is 1090. The number of ether oxygens (including phenoxy) is 1. The van der Waals surface area contributed by atoms with Crippen molar-refractivity contribution in [2.45, 2.75) is 19.8 Å². The monoisotopic (exact) mass is 404 g/mol. The number of rotatable bonds is 3. The number of hydrogen-bond acceptors (Lipinski definition) is 3. The third-order valence-corrected chi connectivity index (χ3v) is 5.62. The number of allylic oxidation sites excluding steroid dienone is 2. The predicted molar refractivity (Wildman–Crippen MR) is 112 cm³/mol. The number of nitrogens with zero attached hydrogens (tertiary/aromatic N) is 2. The zero-order valence-corrected chi connectivity index (χ0v) is 17.0. The summed E-state index contributed by atoms with van der Waals surface area (Å²) >= 11 is 0. The van der Waals surface area contributed by atoms with Crippen LogP contribution in [-0.4, -0.2) is 24.5 Å². The molecule has 4 rings (SSSR count). The van der Waals surface area contributed by atoms with Crippen molar-refractivity contribution in [1.29, 1.82) is 5.26 Å². The van der Waals surface area contributed by atoms with Gasteiger partial charge in [-0.15, -0.1) is 0 Å². The fourth-order valence-electron chi connectivity index (χ4n) is 4.09. The highest BCUT2D eigenvalue weighted by molar-refractivity contribution is 5.63. The van der Waals surface area contributed by atoms with Crippen LogP contribution in [0.4, 0.5) is 8.78 Å².